The van der Waals surface area contributed by atoms with Crippen LogP contribution >= 0.6 is 0 Å². The van der Waals surface area contributed by atoms with Crippen LogP contribution in [0.25, 0.3) is 6.08 Å². The maximum Gasteiger partial charge on any atom is 0.276 e. The van der Waals surface area contributed by atoms with Gasteiger partial charge in [-0.15, -0.1) is 0 Å². The van der Waals surface area contributed by atoms with E-state index in [2.05, 4.69) is 15.2 Å². The number of nitrogens with zero attached hydrogens (tertiary/aromatic N) is 1. The zero-order chi connectivity index (χ0) is 17.6. The van der Waals surface area contributed by atoms with Gasteiger partial charge < -0.3 is 9.73 Å². The van der Waals surface area contributed by atoms with E-state index >= 15 is 0 Å². The Bertz CT molecular complexity index is 851. The molecule has 0 saturated heterocycles. The summed E-state index contributed by atoms with van der Waals surface area (Å²) >= 11 is 0. The third-order valence-corrected chi connectivity index (χ3v) is 4.08. The molecule has 2 N–H and O–H groups in total. The number of furan rings is 1. The van der Waals surface area contributed by atoms with Gasteiger partial charge in [0.1, 0.15) is 5.76 Å². The molecular weight excluding hydrogens is 330 g/mol. The highest BCUT2D eigenvalue weighted by molar-refractivity contribution is 7.89. The van der Waals surface area contributed by atoms with E-state index in [1.807, 2.05) is 0 Å². The number of hydrogen-bond donors (Lipinski definition) is 2. The minimum Gasteiger partial charge on any atom is -0.465 e. The van der Waals surface area contributed by atoms with Gasteiger partial charge in [0.2, 0.25) is 5.91 Å². The highest BCUT2D eigenvalue weighted by Gasteiger charge is 2.12. The van der Waals surface area contributed by atoms with Gasteiger partial charge in [0.25, 0.3) is 10.0 Å². The van der Waals surface area contributed by atoms with E-state index in [9.17, 15) is 13.2 Å². The Labute approximate surface area is 140 Å². The minimum atomic E-state index is -3.77. The van der Waals surface area contributed by atoms with Gasteiger partial charge in [-0.2, -0.15) is 13.5 Å². The van der Waals surface area contributed by atoms with Gasteiger partial charge in [0.15, 0.2) is 0 Å². The number of allylic oxidation sites excluding steroid dienone is 1. The molecule has 0 fully saturated rings. The number of sulfonamides is 1. The van der Waals surface area contributed by atoms with Gasteiger partial charge in [-0.25, -0.2) is 4.83 Å². The Morgan fingerprint density at radius 3 is 2.46 bits per heavy atom. The largest absolute Gasteiger partial charge is 0.465 e. The molecule has 0 radical (unpaired) electrons. The first-order valence-corrected chi connectivity index (χ1v) is 8.49. The summed E-state index contributed by atoms with van der Waals surface area (Å²) < 4.78 is 29.4. The van der Waals surface area contributed by atoms with Crippen molar-refractivity contribution in [1.82, 2.24) is 4.83 Å². The summed E-state index contributed by atoms with van der Waals surface area (Å²) in [6, 6.07) is 9.30. The Kier molecular flexibility index (Phi) is 5.54. The molecule has 0 aliphatic rings. The monoisotopic (exact) mass is 347 g/mol. The summed E-state index contributed by atoms with van der Waals surface area (Å²) in [4.78, 5) is 13.1. The molecule has 0 atom stereocenters. The fourth-order valence-electron chi connectivity index (χ4n) is 1.81. The van der Waals surface area contributed by atoms with Crippen molar-refractivity contribution in [3.05, 3.63) is 54.0 Å². The molecule has 0 unspecified atom stereocenters. The first-order valence-electron chi connectivity index (χ1n) is 7.01. The van der Waals surface area contributed by atoms with E-state index in [0.29, 0.717) is 17.0 Å². The number of amides is 1. The summed E-state index contributed by atoms with van der Waals surface area (Å²) in [5.74, 6) is 0.419. The predicted octanol–water partition coefficient (Wildman–Crippen LogP) is 2.61. The van der Waals surface area contributed by atoms with Crippen molar-refractivity contribution < 1.29 is 17.6 Å². The molecule has 1 aromatic heterocycles. The van der Waals surface area contributed by atoms with Crippen LogP contribution in [0.2, 0.25) is 0 Å². The van der Waals surface area contributed by atoms with Crippen molar-refractivity contribution >= 4 is 33.9 Å². The van der Waals surface area contributed by atoms with Crippen LogP contribution in [0.4, 0.5) is 5.69 Å². The van der Waals surface area contributed by atoms with E-state index in [0.717, 1.165) is 0 Å². The smallest absolute Gasteiger partial charge is 0.276 e. The second-order valence-corrected chi connectivity index (χ2v) is 6.62. The fraction of sp³-hybridized carbons (Fsp3) is 0.125. The summed E-state index contributed by atoms with van der Waals surface area (Å²) in [6.07, 6.45) is 4.65. The minimum absolute atomic E-state index is 0.0430. The zero-order valence-electron chi connectivity index (χ0n) is 13.2. The average molecular weight is 347 g/mol. The molecule has 1 heterocycles. The molecule has 126 valence electrons. The molecule has 1 amide bonds. The number of rotatable bonds is 6. The lowest BCUT2D eigenvalue weighted by molar-refractivity contribution is -0.114. The maximum absolute atomic E-state index is 12.1. The highest BCUT2D eigenvalue weighted by Crippen LogP contribution is 2.14. The normalized spacial score (nSPS) is 12.3. The van der Waals surface area contributed by atoms with E-state index in [1.165, 1.54) is 37.4 Å². The summed E-state index contributed by atoms with van der Waals surface area (Å²) in [5, 5.41) is 6.29. The van der Waals surface area contributed by atoms with Gasteiger partial charge >= 0.3 is 0 Å². The van der Waals surface area contributed by atoms with E-state index < -0.39 is 10.0 Å². The van der Waals surface area contributed by atoms with Crippen molar-refractivity contribution in [2.75, 3.05) is 5.32 Å². The van der Waals surface area contributed by atoms with Gasteiger partial charge in [0.05, 0.1) is 17.4 Å². The van der Waals surface area contributed by atoms with Crippen LogP contribution in [-0.2, 0) is 14.8 Å². The SMILES string of the molecule is CC(=O)Nc1ccc(S(=O)(=O)NN=C/C(C)=C\c2ccco2)cc1. The number of nitrogens with one attached hydrogen (secondary N) is 2. The van der Waals surface area contributed by atoms with Crippen LogP contribution in [0.5, 0.6) is 0 Å². The first kappa shape index (κ1) is 17.5. The van der Waals surface area contributed by atoms with Crippen molar-refractivity contribution in [1.29, 1.82) is 0 Å². The third kappa shape index (κ3) is 5.10. The Morgan fingerprint density at radius 2 is 1.88 bits per heavy atom. The molecular formula is C16H17N3O4S. The van der Waals surface area contributed by atoms with Crippen molar-refractivity contribution in [2.45, 2.75) is 18.7 Å². The van der Waals surface area contributed by atoms with Crippen LogP contribution in [-0.4, -0.2) is 20.5 Å². The molecule has 0 aliphatic carbocycles. The van der Waals surface area contributed by atoms with E-state index in [1.54, 1.807) is 31.4 Å². The van der Waals surface area contributed by atoms with Gasteiger partial charge in [0, 0.05) is 12.6 Å². The van der Waals surface area contributed by atoms with Crippen LogP contribution < -0.4 is 10.1 Å². The molecule has 0 saturated carbocycles. The number of carbonyl (C=O) groups excluding carboxylic acids is 1. The van der Waals surface area contributed by atoms with Crippen LogP contribution in [0, 0.1) is 0 Å². The highest BCUT2D eigenvalue weighted by atomic mass is 32.2. The number of hydrogen-bond acceptors (Lipinski definition) is 5. The average Bonchev–Trinajstić information content (AvgIpc) is 2.99. The second kappa shape index (κ2) is 7.60. The predicted molar refractivity (Wildman–Crippen MR) is 91.9 cm³/mol. The molecule has 2 rings (SSSR count). The van der Waals surface area contributed by atoms with Crippen LogP contribution in [0.15, 0.2) is 62.6 Å². The fourth-order valence-corrected chi connectivity index (χ4v) is 2.60. The standard InChI is InChI=1S/C16H17N3O4S/c1-12(10-15-4-3-9-23-15)11-17-19-24(21,22)16-7-5-14(6-8-16)18-13(2)20/h3-11,19H,1-2H3,(H,18,20)/b12-10-,17-11?. The molecule has 0 aliphatic heterocycles. The Hall–Kier alpha value is -2.87. The summed E-state index contributed by atoms with van der Waals surface area (Å²) in [5.41, 5.74) is 1.23. The number of carbonyl (C=O) groups is 1. The lowest BCUT2D eigenvalue weighted by atomic mass is 10.3. The lowest BCUT2D eigenvalue weighted by Crippen LogP contribution is -2.18. The number of benzene rings is 1. The lowest BCUT2D eigenvalue weighted by Gasteiger charge is -2.05. The third-order valence-electron chi connectivity index (χ3n) is 2.84. The first-order chi connectivity index (χ1) is 11.4. The Morgan fingerprint density at radius 1 is 1.17 bits per heavy atom. The summed E-state index contributed by atoms with van der Waals surface area (Å²) in [7, 11) is -3.77. The van der Waals surface area contributed by atoms with Gasteiger partial charge in [-0.05, 0) is 55.0 Å². The van der Waals surface area contributed by atoms with E-state index in [4.69, 9.17) is 4.42 Å². The van der Waals surface area contributed by atoms with E-state index in [-0.39, 0.29) is 10.8 Å². The topological polar surface area (TPSA) is 101 Å². The quantitative estimate of drug-likeness (QED) is 0.619. The molecule has 0 spiro atoms. The second-order valence-electron chi connectivity index (χ2n) is 4.96. The van der Waals surface area contributed by atoms with Crippen LogP contribution in [0.1, 0.15) is 19.6 Å². The molecule has 0 bridgehead atoms. The summed E-state index contributed by atoms with van der Waals surface area (Å²) in [6.45, 7) is 3.14. The molecule has 8 heteroatoms. The molecule has 1 aromatic carbocycles. The molecule has 7 nitrogen and oxygen atoms in total. The molecule has 2 aromatic rings. The number of anilines is 1. The van der Waals surface area contributed by atoms with Crippen LogP contribution in [0.3, 0.4) is 0 Å². The van der Waals surface area contributed by atoms with Crippen molar-refractivity contribution in [3.8, 4) is 0 Å². The van der Waals surface area contributed by atoms with Gasteiger partial charge in [-0.3, -0.25) is 4.79 Å². The van der Waals surface area contributed by atoms with Crippen molar-refractivity contribution in [2.24, 2.45) is 5.10 Å². The number of hydrazone groups is 1. The Balaban J connectivity index is 2.03. The van der Waals surface area contributed by atoms with Gasteiger partial charge in [-0.1, -0.05) is 0 Å². The molecule has 24 heavy (non-hydrogen) atoms. The zero-order valence-corrected chi connectivity index (χ0v) is 14.0. The van der Waals surface area contributed by atoms with Crippen molar-refractivity contribution in [3.63, 3.8) is 0 Å². The maximum atomic E-state index is 12.1.